The Morgan fingerprint density at radius 3 is 2.01 bits per heavy atom. The van der Waals surface area contributed by atoms with Gasteiger partial charge in [-0.25, -0.2) is 4.79 Å². The highest BCUT2D eigenvalue weighted by molar-refractivity contribution is 6.02. The minimum absolute atomic E-state index is 0.0124. The molecule has 22 heteroatoms. The molecule has 0 unspecified atom stereocenters. The second-order valence-corrected chi connectivity index (χ2v) is 20.7. The maximum absolute atomic E-state index is 14.5. The first-order chi connectivity index (χ1) is 36.2. The van der Waals surface area contributed by atoms with Crippen molar-refractivity contribution in [1.82, 2.24) is 35.4 Å². The summed E-state index contributed by atoms with van der Waals surface area (Å²) < 4.78 is 28.8. The lowest BCUT2D eigenvalue weighted by Crippen LogP contribution is -2.60. The Bertz CT molecular complexity index is 2220. The average Bonchev–Trinajstić information content (AvgIpc) is 4.11. The van der Waals surface area contributed by atoms with Gasteiger partial charge in [0, 0.05) is 69.7 Å². The Balaban J connectivity index is 1.29. The lowest BCUT2D eigenvalue weighted by atomic mass is 9.87. The normalized spacial score (nSPS) is 18.3. The van der Waals surface area contributed by atoms with Crippen molar-refractivity contribution >= 4 is 58.2 Å². The lowest BCUT2D eigenvalue weighted by molar-refractivity contribution is -0.198. The van der Waals surface area contributed by atoms with Crippen LogP contribution < -0.4 is 16.4 Å². The molecule has 7 amide bonds. The van der Waals surface area contributed by atoms with Gasteiger partial charge in [-0.15, -0.1) is 5.06 Å². The molecule has 76 heavy (non-hydrogen) atoms. The zero-order valence-electron chi connectivity index (χ0n) is 46.6. The van der Waals surface area contributed by atoms with Gasteiger partial charge < -0.3 is 49.5 Å². The summed E-state index contributed by atoms with van der Waals surface area (Å²) >= 11 is 0. The van der Waals surface area contributed by atoms with E-state index in [1.165, 1.54) is 7.11 Å². The van der Waals surface area contributed by atoms with E-state index in [1.54, 1.807) is 26.0 Å². The van der Waals surface area contributed by atoms with E-state index in [-0.39, 0.29) is 88.8 Å². The molecule has 2 saturated heterocycles. The predicted molar refractivity (Wildman–Crippen MR) is 282 cm³/mol. The monoisotopic (exact) mass is 1070 g/mol. The Kier molecular flexibility index (Phi) is 25.9. The van der Waals surface area contributed by atoms with E-state index >= 15 is 0 Å². The minimum Gasteiger partial charge on any atom is -0.379 e. The smallest absolute Gasteiger partial charge is 0.335 e. The van der Waals surface area contributed by atoms with Crippen molar-refractivity contribution < 1.29 is 66.9 Å². The summed E-state index contributed by atoms with van der Waals surface area (Å²) in [5.41, 5.74) is 7.56. The molecule has 2 aliphatic heterocycles. The van der Waals surface area contributed by atoms with E-state index in [9.17, 15) is 38.4 Å². The molecule has 426 valence electrons. The minimum atomic E-state index is -0.977. The van der Waals surface area contributed by atoms with E-state index in [0.29, 0.717) is 44.0 Å². The van der Waals surface area contributed by atoms with Crippen LogP contribution in [-0.2, 0) is 73.3 Å². The van der Waals surface area contributed by atoms with E-state index < -0.39 is 89.7 Å². The van der Waals surface area contributed by atoms with Crippen molar-refractivity contribution in [3.05, 3.63) is 36.0 Å². The second kappa shape index (κ2) is 31.1. The number of benzene rings is 1. The summed E-state index contributed by atoms with van der Waals surface area (Å²) in [4.78, 5) is 118. The number of aromatic nitrogens is 1. The van der Waals surface area contributed by atoms with Gasteiger partial charge in [0.2, 0.25) is 29.5 Å². The number of likely N-dealkylation sites (tertiary alicyclic amines) is 1. The number of ether oxygens (including phenoxy) is 5. The molecule has 5 N–H and O–H groups in total. The maximum Gasteiger partial charge on any atom is 0.335 e. The van der Waals surface area contributed by atoms with Gasteiger partial charge in [-0.3, -0.25) is 48.7 Å². The Hall–Kier alpha value is -5.36. The number of hydroxylamine groups is 2. The molecule has 2 aromatic rings. The number of methoxy groups -OCH3 is 2. The van der Waals surface area contributed by atoms with Crippen LogP contribution >= 0.6 is 0 Å². The molecule has 0 radical (unpaired) electrons. The molecule has 1 aromatic heterocycles. The van der Waals surface area contributed by atoms with E-state index in [0.717, 1.165) is 16.5 Å². The number of nitrogens with two attached hydrogens (primary N) is 1. The molecule has 22 nitrogen and oxygen atoms in total. The summed E-state index contributed by atoms with van der Waals surface area (Å²) in [7, 11) is 6.71. The van der Waals surface area contributed by atoms with Crippen LogP contribution in [0.25, 0.3) is 10.9 Å². The molecule has 0 aliphatic carbocycles. The standard InChI is InChI=1S/C54H86N8O14/c1-12-35(6)49(42(71-10)31-45(65)61-22-15-18-41(61)50(72-11)36(7)52(68)57-40(51(55)67)30-37-32-56-39-17-14-13-16-38(37)39)60(9)48(34(4)5)54(70)58-53(69)47(33(2)3)59(8)23-25-74-27-29-75-28-26-73-24-21-46(66)76-62-43(63)19-20-44(62)64/h13-14,16-17,32-36,40-42,47-50,56H,12,15,18-31H2,1-11H3,(H2,55,67)(H,57,68)(H,58,69,70)/t35-,36+,40-,41-,42+,47-,48-,49-,50+/m0/s1. The van der Waals surface area contributed by atoms with E-state index in [2.05, 4.69) is 22.5 Å². The van der Waals surface area contributed by atoms with E-state index in [4.69, 9.17) is 34.3 Å². The van der Waals surface area contributed by atoms with Gasteiger partial charge in [-0.05, 0) is 56.3 Å². The highest BCUT2D eigenvalue weighted by atomic mass is 16.7. The van der Waals surface area contributed by atoms with Crippen molar-refractivity contribution in [2.24, 2.45) is 29.4 Å². The number of imide groups is 2. The number of hydrogen-bond donors (Lipinski definition) is 4. The van der Waals surface area contributed by atoms with Crippen LogP contribution in [0.5, 0.6) is 0 Å². The molecule has 9 atom stereocenters. The molecule has 2 aliphatic rings. The number of hydrogen-bond acceptors (Lipinski definition) is 16. The van der Waals surface area contributed by atoms with Crippen LogP contribution in [0, 0.1) is 23.7 Å². The number of primary amides is 1. The van der Waals surface area contributed by atoms with Gasteiger partial charge in [0.05, 0.1) is 88.7 Å². The van der Waals surface area contributed by atoms with Crippen LogP contribution in [-0.4, -0.2) is 196 Å². The highest BCUT2D eigenvalue weighted by Gasteiger charge is 2.44. The number of para-hydroxylation sites is 1. The average molecular weight is 1070 g/mol. The van der Waals surface area contributed by atoms with Crippen LogP contribution in [0.2, 0.25) is 0 Å². The fourth-order valence-electron chi connectivity index (χ4n) is 10.5. The zero-order valence-corrected chi connectivity index (χ0v) is 46.6. The van der Waals surface area contributed by atoms with Crippen LogP contribution in [0.1, 0.15) is 99.0 Å². The Morgan fingerprint density at radius 1 is 0.816 bits per heavy atom. The van der Waals surface area contributed by atoms with Crippen molar-refractivity contribution in [3.8, 4) is 0 Å². The summed E-state index contributed by atoms with van der Waals surface area (Å²) in [6.07, 6.45) is 2.56. The van der Waals surface area contributed by atoms with Gasteiger partial charge >= 0.3 is 5.97 Å². The number of fused-ring (bicyclic) bond motifs is 1. The van der Waals surface area contributed by atoms with Crippen LogP contribution in [0.3, 0.4) is 0 Å². The topological polar surface area (TPSA) is 271 Å². The zero-order chi connectivity index (χ0) is 56.2. The molecule has 2 fully saturated rings. The number of amides is 7. The number of rotatable bonds is 34. The molecule has 0 bridgehead atoms. The first-order valence-corrected chi connectivity index (χ1v) is 26.7. The highest BCUT2D eigenvalue weighted by Crippen LogP contribution is 2.31. The van der Waals surface area contributed by atoms with Gasteiger partial charge in [0.25, 0.3) is 11.8 Å². The van der Waals surface area contributed by atoms with Gasteiger partial charge in [-0.1, -0.05) is 73.1 Å². The summed E-state index contributed by atoms with van der Waals surface area (Å²) in [6.45, 7) is 15.6. The fraction of sp³-hybridized carbons (Fsp3) is 0.704. The van der Waals surface area contributed by atoms with Gasteiger partial charge in [-0.2, -0.15) is 0 Å². The summed E-state index contributed by atoms with van der Waals surface area (Å²) in [5, 5.41) is 7.01. The number of likely N-dealkylation sites (N-methyl/N-ethyl adjacent to an activating group) is 2. The first kappa shape index (κ1) is 63.2. The van der Waals surface area contributed by atoms with Crippen molar-refractivity contribution in [1.29, 1.82) is 0 Å². The Morgan fingerprint density at radius 2 is 1.42 bits per heavy atom. The molecule has 0 spiro atoms. The van der Waals surface area contributed by atoms with Crippen LogP contribution in [0.4, 0.5) is 0 Å². The molecule has 0 saturated carbocycles. The van der Waals surface area contributed by atoms with Gasteiger partial charge in [0.1, 0.15) is 6.04 Å². The quantitative estimate of drug-likeness (QED) is 0.0580. The SMILES string of the molecule is CC[C@H](C)[C@@H]([C@@H](CC(=O)N1CCC[C@H]1[C@H](OC)[C@@H](C)C(=O)N[C@@H](Cc1c[nH]c2ccccc12)C(N)=O)OC)N(C)[C@H](C(=O)NC(=O)[C@H](C(C)C)N(C)CCOCCOCCOCCC(=O)ON1C(=O)CCC1=O)C(C)C. The number of nitrogens with one attached hydrogen (secondary N) is 3. The van der Waals surface area contributed by atoms with Gasteiger partial charge in [0.15, 0.2) is 0 Å². The molecular formula is C54H86N8O14. The van der Waals surface area contributed by atoms with Crippen LogP contribution in [0.15, 0.2) is 30.5 Å². The lowest BCUT2D eigenvalue weighted by Gasteiger charge is -2.43. The largest absolute Gasteiger partial charge is 0.379 e. The van der Waals surface area contributed by atoms with Crippen molar-refractivity contribution in [2.75, 3.05) is 81.0 Å². The number of nitrogens with zero attached hydrogens (tertiary/aromatic N) is 4. The number of H-pyrrole nitrogens is 1. The number of carbonyl (C=O) groups is 8. The molecular weight excluding hydrogens is 985 g/mol. The maximum atomic E-state index is 14.5. The fourth-order valence-corrected chi connectivity index (χ4v) is 10.5. The third-order valence-electron chi connectivity index (χ3n) is 14.6. The first-order valence-electron chi connectivity index (χ1n) is 26.7. The predicted octanol–water partition coefficient (Wildman–Crippen LogP) is 2.75. The van der Waals surface area contributed by atoms with E-state index in [1.807, 2.05) is 81.9 Å². The third kappa shape index (κ3) is 17.6. The number of carbonyl (C=O) groups excluding carboxylic acids is 8. The Labute approximate surface area is 448 Å². The molecule has 3 heterocycles. The van der Waals surface area contributed by atoms with Crippen molar-refractivity contribution in [3.63, 3.8) is 0 Å². The summed E-state index contributed by atoms with van der Waals surface area (Å²) in [5.74, 6) is -5.20. The second-order valence-electron chi connectivity index (χ2n) is 20.7. The third-order valence-corrected chi connectivity index (χ3v) is 14.6. The number of aromatic amines is 1. The molecule has 1 aromatic carbocycles. The van der Waals surface area contributed by atoms with Crippen molar-refractivity contribution in [2.45, 2.75) is 142 Å². The summed E-state index contributed by atoms with van der Waals surface area (Å²) in [6, 6.07) is 4.41. The molecule has 4 rings (SSSR count).